The first-order valence-corrected chi connectivity index (χ1v) is 9.04. The van der Waals surface area contributed by atoms with Crippen LogP contribution >= 0.6 is 27.3 Å². The van der Waals surface area contributed by atoms with Gasteiger partial charge in [0.05, 0.1) is 16.5 Å². The van der Waals surface area contributed by atoms with E-state index in [0.29, 0.717) is 23.2 Å². The SMILES string of the molecule is COc1ccc(S(=O)(=O)NCCc2cccs2)cc1Br. The summed E-state index contributed by atoms with van der Waals surface area (Å²) in [4.78, 5) is 1.37. The Morgan fingerprint density at radius 2 is 2.15 bits per heavy atom. The number of hydrogen-bond donors (Lipinski definition) is 1. The highest BCUT2D eigenvalue weighted by Crippen LogP contribution is 2.27. The van der Waals surface area contributed by atoms with Crippen molar-refractivity contribution in [3.05, 3.63) is 45.1 Å². The highest BCUT2D eigenvalue weighted by Gasteiger charge is 2.15. The van der Waals surface area contributed by atoms with Crippen molar-refractivity contribution < 1.29 is 13.2 Å². The molecule has 0 aliphatic carbocycles. The lowest BCUT2D eigenvalue weighted by molar-refractivity contribution is 0.411. The predicted octanol–water partition coefficient (Wildman–Crippen LogP) is 3.04. The van der Waals surface area contributed by atoms with Crippen molar-refractivity contribution in [2.24, 2.45) is 0 Å². The van der Waals surface area contributed by atoms with Crippen LogP contribution in [0.5, 0.6) is 5.75 Å². The molecule has 0 radical (unpaired) electrons. The lowest BCUT2D eigenvalue weighted by Crippen LogP contribution is -2.25. The molecule has 1 aromatic heterocycles. The fourth-order valence-corrected chi connectivity index (χ4v) is 4.12. The van der Waals surface area contributed by atoms with E-state index >= 15 is 0 Å². The summed E-state index contributed by atoms with van der Waals surface area (Å²) in [5, 5.41) is 1.98. The maximum absolute atomic E-state index is 12.1. The number of halogens is 1. The Balaban J connectivity index is 2.04. The Morgan fingerprint density at radius 1 is 1.35 bits per heavy atom. The van der Waals surface area contributed by atoms with Gasteiger partial charge in [0.15, 0.2) is 0 Å². The molecule has 0 saturated carbocycles. The van der Waals surface area contributed by atoms with Crippen LogP contribution in [-0.4, -0.2) is 22.1 Å². The van der Waals surface area contributed by atoms with Gasteiger partial charge in [-0.15, -0.1) is 11.3 Å². The van der Waals surface area contributed by atoms with Crippen molar-refractivity contribution in [1.82, 2.24) is 4.72 Å². The minimum Gasteiger partial charge on any atom is -0.496 e. The molecule has 1 heterocycles. The first kappa shape index (κ1) is 15.5. The van der Waals surface area contributed by atoms with Crippen molar-refractivity contribution in [2.45, 2.75) is 11.3 Å². The van der Waals surface area contributed by atoms with Crippen molar-refractivity contribution in [1.29, 1.82) is 0 Å². The van der Waals surface area contributed by atoms with E-state index in [1.807, 2.05) is 17.5 Å². The Bertz CT molecular complexity index is 669. The summed E-state index contributed by atoms with van der Waals surface area (Å²) in [6.07, 6.45) is 0.689. The van der Waals surface area contributed by atoms with Gasteiger partial charge in [-0.25, -0.2) is 13.1 Å². The predicted molar refractivity (Wildman–Crippen MR) is 83.9 cm³/mol. The van der Waals surface area contributed by atoms with Crippen LogP contribution in [0.15, 0.2) is 45.1 Å². The first-order valence-electron chi connectivity index (χ1n) is 5.88. The van der Waals surface area contributed by atoms with Crippen molar-refractivity contribution >= 4 is 37.3 Å². The summed E-state index contributed by atoms with van der Waals surface area (Å²) < 4.78 is 32.6. The van der Waals surface area contributed by atoms with Crippen molar-refractivity contribution in [3.63, 3.8) is 0 Å². The smallest absolute Gasteiger partial charge is 0.240 e. The Morgan fingerprint density at radius 3 is 2.75 bits per heavy atom. The molecule has 0 unspecified atom stereocenters. The normalized spacial score (nSPS) is 11.5. The molecule has 0 spiro atoms. The number of benzene rings is 1. The molecule has 0 aliphatic rings. The van der Waals surface area contributed by atoms with Gasteiger partial charge in [0.25, 0.3) is 0 Å². The highest BCUT2D eigenvalue weighted by molar-refractivity contribution is 9.10. The fraction of sp³-hybridized carbons (Fsp3) is 0.231. The number of hydrogen-bond acceptors (Lipinski definition) is 4. The lowest BCUT2D eigenvalue weighted by atomic mass is 10.3. The largest absolute Gasteiger partial charge is 0.496 e. The number of sulfonamides is 1. The highest BCUT2D eigenvalue weighted by atomic mass is 79.9. The van der Waals surface area contributed by atoms with E-state index < -0.39 is 10.0 Å². The van der Waals surface area contributed by atoms with Gasteiger partial charge < -0.3 is 4.74 Å². The minimum absolute atomic E-state index is 0.219. The van der Waals surface area contributed by atoms with Crippen LogP contribution in [0.25, 0.3) is 0 Å². The van der Waals surface area contributed by atoms with E-state index in [1.54, 1.807) is 17.4 Å². The molecule has 2 aromatic rings. The second kappa shape index (κ2) is 6.71. The molecule has 7 heteroatoms. The molecule has 20 heavy (non-hydrogen) atoms. The molecule has 0 fully saturated rings. The fourth-order valence-electron chi connectivity index (χ4n) is 1.66. The molecule has 108 valence electrons. The maximum atomic E-state index is 12.1. The van der Waals surface area contributed by atoms with E-state index in [4.69, 9.17) is 4.74 Å². The molecular weight excluding hydrogens is 362 g/mol. The van der Waals surface area contributed by atoms with Gasteiger partial charge in [-0.2, -0.15) is 0 Å². The Hall–Kier alpha value is -0.890. The number of thiophene rings is 1. The van der Waals surface area contributed by atoms with Gasteiger partial charge >= 0.3 is 0 Å². The molecular formula is C13H14BrNO3S2. The van der Waals surface area contributed by atoms with E-state index in [9.17, 15) is 8.42 Å². The average Bonchev–Trinajstić information content (AvgIpc) is 2.91. The van der Waals surface area contributed by atoms with E-state index in [2.05, 4.69) is 20.7 Å². The van der Waals surface area contributed by atoms with Crippen LogP contribution in [0, 0.1) is 0 Å². The summed E-state index contributed by atoms with van der Waals surface area (Å²) in [7, 11) is -1.96. The van der Waals surface area contributed by atoms with Gasteiger partial charge in [-0.05, 0) is 52.0 Å². The number of rotatable bonds is 6. The summed E-state index contributed by atoms with van der Waals surface area (Å²) in [6, 6.07) is 8.62. The van der Waals surface area contributed by atoms with Crippen LogP contribution in [0.4, 0.5) is 0 Å². The average molecular weight is 376 g/mol. The Labute approximate surface area is 131 Å². The summed E-state index contributed by atoms with van der Waals surface area (Å²) >= 11 is 4.90. The van der Waals surface area contributed by atoms with Crippen LogP contribution < -0.4 is 9.46 Å². The van der Waals surface area contributed by atoms with Crippen LogP contribution in [-0.2, 0) is 16.4 Å². The van der Waals surface area contributed by atoms with Gasteiger partial charge in [-0.3, -0.25) is 0 Å². The number of ether oxygens (including phenoxy) is 1. The second-order valence-electron chi connectivity index (χ2n) is 4.02. The molecule has 0 aliphatic heterocycles. The number of methoxy groups -OCH3 is 1. The van der Waals surface area contributed by atoms with E-state index in [0.717, 1.165) is 4.88 Å². The van der Waals surface area contributed by atoms with Gasteiger partial charge in [0.2, 0.25) is 10.0 Å². The molecule has 0 amide bonds. The van der Waals surface area contributed by atoms with Gasteiger partial charge in [-0.1, -0.05) is 6.07 Å². The maximum Gasteiger partial charge on any atom is 0.240 e. The quantitative estimate of drug-likeness (QED) is 0.843. The third kappa shape index (κ3) is 3.82. The molecule has 2 rings (SSSR count). The zero-order valence-corrected chi connectivity index (χ0v) is 14.0. The standard InChI is InChI=1S/C13H14BrNO3S2/c1-18-13-5-4-11(9-12(13)14)20(16,17)15-7-6-10-3-2-8-19-10/h2-5,8-9,15H,6-7H2,1H3. The lowest BCUT2D eigenvalue weighted by Gasteiger charge is -2.08. The summed E-state index contributed by atoms with van der Waals surface area (Å²) in [5.41, 5.74) is 0. The first-order chi connectivity index (χ1) is 9.53. The van der Waals surface area contributed by atoms with Crippen LogP contribution in [0.3, 0.4) is 0 Å². The molecule has 1 aromatic carbocycles. The molecule has 0 bridgehead atoms. The number of nitrogens with one attached hydrogen (secondary N) is 1. The van der Waals surface area contributed by atoms with E-state index in [-0.39, 0.29) is 4.90 Å². The minimum atomic E-state index is -3.49. The van der Waals surface area contributed by atoms with Gasteiger partial charge in [0.1, 0.15) is 5.75 Å². The molecule has 0 saturated heterocycles. The van der Waals surface area contributed by atoms with E-state index in [1.165, 1.54) is 19.2 Å². The zero-order chi connectivity index (χ0) is 14.6. The molecule has 4 nitrogen and oxygen atoms in total. The van der Waals surface area contributed by atoms with Crippen molar-refractivity contribution in [3.8, 4) is 5.75 Å². The third-order valence-corrected chi connectivity index (χ3v) is 5.69. The van der Waals surface area contributed by atoms with Crippen LogP contribution in [0.1, 0.15) is 4.88 Å². The summed E-state index contributed by atoms with van der Waals surface area (Å²) in [6.45, 7) is 0.381. The Kier molecular flexibility index (Phi) is 5.20. The zero-order valence-electron chi connectivity index (χ0n) is 10.8. The third-order valence-electron chi connectivity index (χ3n) is 2.68. The second-order valence-corrected chi connectivity index (χ2v) is 7.68. The van der Waals surface area contributed by atoms with Gasteiger partial charge in [0, 0.05) is 11.4 Å². The molecule has 0 atom stereocenters. The van der Waals surface area contributed by atoms with Crippen LogP contribution in [0.2, 0.25) is 0 Å². The molecule has 1 N–H and O–H groups in total. The monoisotopic (exact) mass is 375 g/mol. The topological polar surface area (TPSA) is 55.4 Å². The summed E-state index contributed by atoms with van der Waals surface area (Å²) in [5.74, 6) is 0.600. The van der Waals surface area contributed by atoms with Crippen molar-refractivity contribution in [2.75, 3.05) is 13.7 Å².